The highest BCUT2D eigenvalue weighted by Gasteiger charge is 1.94. The zero-order valence-corrected chi connectivity index (χ0v) is 7.93. The Bertz CT molecular complexity index is 393. The van der Waals surface area contributed by atoms with Gasteiger partial charge in [-0.15, -0.1) is 0 Å². The fraction of sp³-hybridized carbons (Fsp3) is 0.182. The second-order valence-corrected chi connectivity index (χ2v) is 3.26. The molecule has 0 saturated heterocycles. The normalized spacial score (nSPS) is 10.3. The Balaban J connectivity index is 1.98. The Labute approximate surface area is 83.2 Å². The number of rotatable bonds is 3. The molecule has 2 rings (SSSR count). The van der Waals surface area contributed by atoms with Gasteiger partial charge in [0, 0.05) is 24.6 Å². The third kappa shape index (κ3) is 2.13. The SMILES string of the molecule is Nc1cccc(CCn2cccn2)c1. The topological polar surface area (TPSA) is 43.8 Å². The standard InChI is InChI=1S/C11H13N3/c12-11-4-1-3-10(9-11)5-8-14-7-2-6-13-14/h1-4,6-7,9H,5,8,12H2. The summed E-state index contributed by atoms with van der Waals surface area (Å²) in [6, 6.07) is 9.90. The Kier molecular flexibility index (Phi) is 2.49. The summed E-state index contributed by atoms with van der Waals surface area (Å²) in [5.41, 5.74) is 7.76. The van der Waals surface area contributed by atoms with Crippen molar-refractivity contribution in [2.45, 2.75) is 13.0 Å². The molecule has 0 unspecified atom stereocenters. The molecule has 0 amide bonds. The van der Waals surface area contributed by atoms with E-state index >= 15 is 0 Å². The predicted molar refractivity (Wildman–Crippen MR) is 56.8 cm³/mol. The van der Waals surface area contributed by atoms with E-state index in [1.165, 1.54) is 5.56 Å². The number of benzene rings is 1. The average Bonchev–Trinajstić information content (AvgIpc) is 2.67. The van der Waals surface area contributed by atoms with Gasteiger partial charge in [-0.05, 0) is 30.2 Å². The van der Waals surface area contributed by atoms with Gasteiger partial charge in [0.15, 0.2) is 0 Å². The van der Waals surface area contributed by atoms with E-state index < -0.39 is 0 Å². The molecule has 2 N–H and O–H groups in total. The van der Waals surface area contributed by atoms with E-state index in [1.54, 1.807) is 6.20 Å². The summed E-state index contributed by atoms with van der Waals surface area (Å²) >= 11 is 0. The van der Waals surface area contributed by atoms with Gasteiger partial charge in [-0.2, -0.15) is 5.10 Å². The Morgan fingerprint density at radius 2 is 2.21 bits per heavy atom. The number of nitrogens with two attached hydrogens (primary N) is 1. The smallest absolute Gasteiger partial charge is 0.0489 e. The maximum atomic E-state index is 5.69. The van der Waals surface area contributed by atoms with Gasteiger partial charge in [-0.25, -0.2) is 0 Å². The highest BCUT2D eigenvalue weighted by atomic mass is 15.3. The van der Waals surface area contributed by atoms with E-state index in [0.717, 1.165) is 18.7 Å². The molecule has 0 aliphatic carbocycles. The van der Waals surface area contributed by atoms with Crippen molar-refractivity contribution in [2.75, 3.05) is 5.73 Å². The first kappa shape index (κ1) is 8.81. The number of hydrogen-bond donors (Lipinski definition) is 1. The van der Waals surface area contributed by atoms with E-state index in [1.807, 2.05) is 35.1 Å². The zero-order chi connectivity index (χ0) is 9.80. The van der Waals surface area contributed by atoms with Crippen molar-refractivity contribution in [2.24, 2.45) is 0 Å². The van der Waals surface area contributed by atoms with Gasteiger partial charge in [-0.3, -0.25) is 4.68 Å². The lowest BCUT2D eigenvalue weighted by Gasteiger charge is -2.02. The number of anilines is 1. The molecule has 3 nitrogen and oxygen atoms in total. The molecule has 1 aromatic heterocycles. The van der Waals surface area contributed by atoms with Crippen molar-refractivity contribution in [3.63, 3.8) is 0 Å². The third-order valence-corrected chi connectivity index (χ3v) is 2.14. The summed E-state index contributed by atoms with van der Waals surface area (Å²) in [5.74, 6) is 0. The molecule has 0 bridgehead atoms. The van der Waals surface area contributed by atoms with Crippen LogP contribution in [0.25, 0.3) is 0 Å². The highest BCUT2D eigenvalue weighted by molar-refractivity contribution is 5.40. The van der Waals surface area contributed by atoms with Crippen LogP contribution in [0.4, 0.5) is 5.69 Å². The molecule has 0 spiro atoms. The van der Waals surface area contributed by atoms with Crippen LogP contribution in [0.2, 0.25) is 0 Å². The highest BCUT2D eigenvalue weighted by Crippen LogP contribution is 2.07. The van der Waals surface area contributed by atoms with Gasteiger partial charge in [0.1, 0.15) is 0 Å². The molecule has 0 fully saturated rings. The lowest BCUT2D eigenvalue weighted by atomic mass is 10.1. The average molecular weight is 187 g/mol. The number of aromatic nitrogens is 2. The first-order chi connectivity index (χ1) is 6.84. The lowest BCUT2D eigenvalue weighted by Crippen LogP contribution is -2.01. The number of aryl methyl sites for hydroxylation is 2. The summed E-state index contributed by atoms with van der Waals surface area (Å²) in [6.07, 6.45) is 4.72. The molecule has 14 heavy (non-hydrogen) atoms. The van der Waals surface area contributed by atoms with Crippen molar-refractivity contribution in [1.29, 1.82) is 0 Å². The molecule has 0 aliphatic heterocycles. The minimum Gasteiger partial charge on any atom is -0.399 e. The summed E-state index contributed by atoms with van der Waals surface area (Å²) in [7, 11) is 0. The fourth-order valence-corrected chi connectivity index (χ4v) is 1.42. The molecule has 72 valence electrons. The largest absolute Gasteiger partial charge is 0.399 e. The molecular formula is C11H13N3. The Morgan fingerprint density at radius 1 is 1.29 bits per heavy atom. The molecule has 2 aromatic rings. The lowest BCUT2D eigenvalue weighted by molar-refractivity contribution is 0.615. The van der Waals surface area contributed by atoms with Crippen LogP contribution < -0.4 is 5.73 Å². The quantitative estimate of drug-likeness (QED) is 0.743. The summed E-state index contributed by atoms with van der Waals surface area (Å²) in [5, 5.41) is 4.14. The maximum Gasteiger partial charge on any atom is 0.0489 e. The Hall–Kier alpha value is -1.77. The van der Waals surface area contributed by atoms with Gasteiger partial charge in [0.25, 0.3) is 0 Å². The monoisotopic (exact) mass is 187 g/mol. The number of nitrogens with zero attached hydrogens (tertiary/aromatic N) is 2. The van der Waals surface area contributed by atoms with E-state index in [4.69, 9.17) is 5.73 Å². The molecule has 0 atom stereocenters. The maximum absolute atomic E-state index is 5.69. The zero-order valence-electron chi connectivity index (χ0n) is 7.93. The predicted octanol–water partition coefficient (Wildman–Crippen LogP) is 1.71. The summed E-state index contributed by atoms with van der Waals surface area (Å²) in [6.45, 7) is 0.899. The summed E-state index contributed by atoms with van der Waals surface area (Å²) in [4.78, 5) is 0. The van der Waals surface area contributed by atoms with Crippen LogP contribution >= 0.6 is 0 Å². The minimum atomic E-state index is 0.822. The van der Waals surface area contributed by atoms with Crippen LogP contribution in [0.1, 0.15) is 5.56 Å². The van der Waals surface area contributed by atoms with E-state index in [0.29, 0.717) is 0 Å². The third-order valence-electron chi connectivity index (χ3n) is 2.14. The molecule has 0 aliphatic rings. The Morgan fingerprint density at radius 3 is 2.93 bits per heavy atom. The van der Waals surface area contributed by atoms with Crippen LogP contribution in [0.5, 0.6) is 0 Å². The number of nitrogen functional groups attached to an aromatic ring is 1. The van der Waals surface area contributed by atoms with Crippen molar-refractivity contribution in [3.8, 4) is 0 Å². The second kappa shape index (κ2) is 3.96. The van der Waals surface area contributed by atoms with Crippen LogP contribution in [0.3, 0.4) is 0 Å². The molecule has 3 heteroatoms. The number of hydrogen-bond acceptors (Lipinski definition) is 2. The van der Waals surface area contributed by atoms with Gasteiger partial charge >= 0.3 is 0 Å². The van der Waals surface area contributed by atoms with Crippen LogP contribution in [0, 0.1) is 0 Å². The van der Waals surface area contributed by atoms with Crippen molar-refractivity contribution in [3.05, 3.63) is 48.3 Å². The van der Waals surface area contributed by atoms with Crippen LogP contribution in [-0.2, 0) is 13.0 Å². The molecular weight excluding hydrogens is 174 g/mol. The van der Waals surface area contributed by atoms with Gasteiger partial charge in [-0.1, -0.05) is 12.1 Å². The first-order valence-corrected chi connectivity index (χ1v) is 4.66. The van der Waals surface area contributed by atoms with Crippen molar-refractivity contribution < 1.29 is 0 Å². The molecule has 1 heterocycles. The fourth-order valence-electron chi connectivity index (χ4n) is 1.42. The van der Waals surface area contributed by atoms with Crippen molar-refractivity contribution >= 4 is 5.69 Å². The van der Waals surface area contributed by atoms with Crippen molar-refractivity contribution in [1.82, 2.24) is 9.78 Å². The van der Waals surface area contributed by atoms with Gasteiger partial charge in [0.2, 0.25) is 0 Å². The molecule has 0 saturated carbocycles. The van der Waals surface area contributed by atoms with E-state index in [9.17, 15) is 0 Å². The first-order valence-electron chi connectivity index (χ1n) is 4.66. The molecule has 0 radical (unpaired) electrons. The minimum absolute atomic E-state index is 0.822. The van der Waals surface area contributed by atoms with E-state index in [-0.39, 0.29) is 0 Å². The second-order valence-electron chi connectivity index (χ2n) is 3.26. The summed E-state index contributed by atoms with van der Waals surface area (Å²) < 4.78 is 1.92. The van der Waals surface area contributed by atoms with Crippen LogP contribution in [-0.4, -0.2) is 9.78 Å². The molecule has 1 aromatic carbocycles. The van der Waals surface area contributed by atoms with E-state index in [2.05, 4.69) is 11.2 Å². The van der Waals surface area contributed by atoms with Crippen LogP contribution in [0.15, 0.2) is 42.7 Å². The van der Waals surface area contributed by atoms with Gasteiger partial charge < -0.3 is 5.73 Å². The van der Waals surface area contributed by atoms with Gasteiger partial charge in [0.05, 0.1) is 0 Å².